The highest BCUT2D eigenvalue weighted by molar-refractivity contribution is 6.51. The summed E-state index contributed by atoms with van der Waals surface area (Å²) >= 11 is 6.39. The summed E-state index contributed by atoms with van der Waals surface area (Å²) in [6.45, 7) is 8.33. The van der Waals surface area contributed by atoms with E-state index in [0.717, 1.165) is 11.1 Å². The second kappa shape index (κ2) is 10.7. The SMILES string of the molecule is CCOc1cccc(N2C(=O)C(=O)/C(=C(/O)c3cc(C)cc(Cl)c3OC)C2c2ccc(C(C)C)cc2)c1. The van der Waals surface area contributed by atoms with Crippen LogP contribution in [0, 0.1) is 6.92 Å². The molecule has 1 aliphatic heterocycles. The number of ketones is 1. The van der Waals surface area contributed by atoms with Gasteiger partial charge in [0.1, 0.15) is 17.3 Å². The van der Waals surface area contributed by atoms with Crippen molar-refractivity contribution in [1.82, 2.24) is 0 Å². The number of methoxy groups -OCH3 is 1. The minimum absolute atomic E-state index is 0.0379. The van der Waals surface area contributed by atoms with E-state index in [1.165, 1.54) is 12.0 Å². The molecule has 0 aromatic heterocycles. The van der Waals surface area contributed by atoms with E-state index < -0.39 is 17.7 Å². The van der Waals surface area contributed by atoms with E-state index in [2.05, 4.69) is 13.8 Å². The number of carbonyl (C=O) groups is 2. The Balaban J connectivity index is 1.98. The molecule has 4 rings (SSSR count). The number of nitrogens with zero attached hydrogens (tertiary/aromatic N) is 1. The molecule has 1 fully saturated rings. The summed E-state index contributed by atoms with van der Waals surface area (Å²) in [7, 11) is 1.44. The summed E-state index contributed by atoms with van der Waals surface area (Å²) in [6.07, 6.45) is 0. The van der Waals surface area contributed by atoms with Crippen LogP contribution >= 0.6 is 11.6 Å². The van der Waals surface area contributed by atoms with E-state index in [1.54, 1.807) is 36.4 Å². The summed E-state index contributed by atoms with van der Waals surface area (Å²) in [4.78, 5) is 28.4. The first-order valence-electron chi connectivity index (χ1n) is 12.2. The molecule has 0 bridgehead atoms. The lowest BCUT2D eigenvalue weighted by Gasteiger charge is -2.26. The van der Waals surface area contributed by atoms with Crippen molar-refractivity contribution in [1.29, 1.82) is 0 Å². The minimum atomic E-state index is -0.873. The number of rotatable bonds is 7. The number of aryl methyl sites for hydroxylation is 1. The lowest BCUT2D eigenvalue weighted by atomic mass is 9.92. The lowest BCUT2D eigenvalue weighted by molar-refractivity contribution is -0.132. The lowest BCUT2D eigenvalue weighted by Crippen LogP contribution is -2.29. The van der Waals surface area contributed by atoms with E-state index in [4.69, 9.17) is 21.1 Å². The molecule has 0 aliphatic carbocycles. The van der Waals surface area contributed by atoms with Crippen molar-refractivity contribution in [3.8, 4) is 11.5 Å². The van der Waals surface area contributed by atoms with Gasteiger partial charge in [-0.1, -0.05) is 55.8 Å². The number of hydrogen-bond acceptors (Lipinski definition) is 5. The van der Waals surface area contributed by atoms with Crippen molar-refractivity contribution in [3.05, 3.63) is 93.5 Å². The Kier molecular flexibility index (Phi) is 7.60. The van der Waals surface area contributed by atoms with Crippen LogP contribution in [0.3, 0.4) is 0 Å². The Labute approximate surface area is 222 Å². The fourth-order valence-electron chi connectivity index (χ4n) is 4.62. The summed E-state index contributed by atoms with van der Waals surface area (Å²) < 4.78 is 11.1. The number of amides is 1. The summed E-state index contributed by atoms with van der Waals surface area (Å²) in [5.41, 5.74) is 3.26. The summed E-state index contributed by atoms with van der Waals surface area (Å²) in [5.74, 6) is -0.780. The van der Waals surface area contributed by atoms with Gasteiger partial charge in [0.05, 0.1) is 35.9 Å². The number of hydrogen-bond donors (Lipinski definition) is 1. The Bertz CT molecular complexity index is 1380. The monoisotopic (exact) mass is 519 g/mol. The molecule has 0 saturated carbocycles. The number of aliphatic hydroxyl groups excluding tert-OH is 1. The van der Waals surface area contributed by atoms with Crippen molar-refractivity contribution in [2.24, 2.45) is 0 Å². The summed E-state index contributed by atoms with van der Waals surface area (Å²) in [6, 6.07) is 17.3. The molecule has 37 heavy (non-hydrogen) atoms. The smallest absolute Gasteiger partial charge is 0.300 e. The van der Waals surface area contributed by atoms with Crippen LogP contribution in [0.15, 0.2) is 66.2 Å². The average Bonchev–Trinajstić information content (AvgIpc) is 3.14. The molecule has 6 nitrogen and oxygen atoms in total. The number of benzene rings is 3. The number of anilines is 1. The van der Waals surface area contributed by atoms with Gasteiger partial charge in [0.15, 0.2) is 0 Å². The van der Waals surface area contributed by atoms with Gasteiger partial charge in [0.25, 0.3) is 11.7 Å². The van der Waals surface area contributed by atoms with Gasteiger partial charge in [0, 0.05) is 11.8 Å². The average molecular weight is 520 g/mol. The van der Waals surface area contributed by atoms with Crippen molar-refractivity contribution in [2.75, 3.05) is 18.6 Å². The Morgan fingerprint density at radius 3 is 2.41 bits per heavy atom. The van der Waals surface area contributed by atoms with Crippen molar-refractivity contribution in [3.63, 3.8) is 0 Å². The molecular formula is C30H30ClNO5. The molecule has 0 radical (unpaired) electrons. The molecule has 3 aromatic rings. The quantitative estimate of drug-likeness (QED) is 0.211. The normalized spacial score (nSPS) is 16.9. The maximum atomic E-state index is 13.5. The van der Waals surface area contributed by atoms with Crippen LogP contribution in [-0.2, 0) is 9.59 Å². The van der Waals surface area contributed by atoms with Gasteiger partial charge in [-0.25, -0.2) is 0 Å². The largest absolute Gasteiger partial charge is 0.507 e. The second-order valence-electron chi connectivity index (χ2n) is 9.25. The minimum Gasteiger partial charge on any atom is -0.507 e. The van der Waals surface area contributed by atoms with Crippen LogP contribution < -0.4 is 14.4 Å². The molecule has 1 atom stereocenters. The topological polar surface area (TPSA) is 76.1 Å². The van der Waals surface area contributed by atoms with Gasteiger partial charge in [-0.15, -0.1) is 0 Å². The number of Topliss-reactive ketones (excluding diaryl/α,β-unsaturated/α-hetero) is 1. The van der Waals surface area contributed by atoms with Gasteiger partial charge in [-0.2, -0.15) is 0 Å². The van der Waals surface area contributed by atoms with E-state index in [9.17, 15) is 14.7 Å². The van der Waals surface area contributed by atoms with Crippen LogP contribution in [0.25, 0.3) is 5.76 Å². The Hall–Kier alpha value is -3.77. The number of halogens is 1. The fraction of sp³-hybridized carbons (Fsp3) is 0.267. The van der Waals surface area contributed by atoms with Crippen LogP contribution in [0.1, 0.15) is 55.0 Å². The fourth-order valence-corrected chi connectivity index (χ4v) is 4.98. The van der Waals surface area contributed by atoms with Crippen molar-refractivity contribution < 1.29 is 24.2 Å². The maximum Gasteiger partial charge on any atom is 0.300 e. The van der Waals surface area contributed by atoms with Gasteiger partial charge in [-0.05, 0) is 60.7 Å². The van der Waals surface area contributed by atoms with Crippen LogP contribution in [0.4, 0.5) is 5.69 Å². The molecule has 1 heterocycles. The highest BCUT2D eigenvalue weighted by Gasteiger charge is 2.47. The highest BCUT2D eigenvalue weighted by atomic mass is 35.5. The molecule has 192 valence electrons. The first-order valence-corrected chi connectivity index (χ1v) is 12.5. The number of carbonyl (C=O) groups excluding carboxylic acids is 2. The van der Waals surface area contributed by atoms with E-state index >= 15 is 0 Å². The Morgan fingerprint density at radius 2 is 1.78 bits per heavy atom. The van der Waals surface area contributed by atoms with Crippen LogP contribution in [0.5, 0.6) is 11.5 Å². The van der Waals surface area contributed by atoms with E-state index in [-0.39, 0.29) is 22.6 Å². The third-order valence-corrected chi connectivity index (χ3v) is 6.70. The first-order chi connectivity index (χ1) is 17.7. The zero-order chi connectivity index (χ0) is 26.9. The third-order valence-electron chi connectivity index (χ3n) is 6.42. The number of ether oxygens (including phenoxy) is 2. The molecule has 1 aliphatic rings. The van der Waals surface area contributed by atoms with E-state index in [0.29, 0.717) is 34.5 Å². The van der Waals surface area contributed by atoms with E-state index in [1.807, 2.05) is 38.1 Å². The predicted octanol–water partition coefficient (Wildman–Crippen LogP) is 6.81. The summed E-state index contributed by atoms with van der Waals surface area (Å²) in [5, 5.41) is 11.9. The standard InChI is InChI=1S/C30H30ClNO5/c1-6-37-22-9-7-8-21(16-22)32-26(20-12-10-19(11-13-20)17(2)3)25(28(34)30(32)35)27(33)23-14-18(4)15-24(31)29(23)36-5/h7-17,26,33H,6H2,1-5H3/b27-25+. The van der Waals surface area contributed by atoms with Crippen molar-refractivity contribution >= 4 is 34.7 Å². The molecule has 1 saturated heterocycles. The van der Waals surface area contributed by atoms with Crippen molar-refractivity contribution in [2.45, 2.75) is 39.7 Å². The highest BCUT2D eigenvalue weighted by Crippen LogP contribution is 2.45. The van der Waals surface area contributed by atoms with Gasteiger partial charge in [0.2, 0.25) is 0 Å². The molecule has 0 spiro atoms. The molecule has 7 heteroatoms. The van der Waals surface area contributed by atoms with Gasteiger partial charge >= 0.3 is 0 Å². The maximum absolute atomic E-state index is 13.5. The number of aliphatic hydroxyl groups is 1. The molecule has 1 unspecified atom stereocenters. The van der Waals surface area contributed by atoms with Crippen LogP contribution in [-0.4, -0.2) is 30.5 Å². The van der Waals surface area contributed by atoms with Gasteiger partial charge in [-0.3, -0.25) is 14.5 Å². The second-order valence-corrected chi connectivity index (χ2v) is 9.66. The third kappa shape index (κ3) is 4.94. The Morgan fingerprint density at radius 1 is 1.08 bits per heavy atom. The first kappa shape index (κ1) is 26.3. The molecule has 1 N–H and O–H groups in total. The molecule has 3 aromatic carbocycles. The zero-order valence-corrected chi connectivity index (χ0v) is 22.3. The molecular weight excluding hydrogens is 490 g/mol. The molecule has 1 amide bonds. The predicted molar refractivity (Wildman–Crippen MR) is 146 cm³/mol. The van der Waals surface area contributed by atoms with Gasteiger partial charge < -0.3 is 14.6 Å². The zero-order valence-electron chi connectivity index (χ0n) is 21.5. The van der Waals surface area contributed by atoms with Crippen LogP contribution in [0.2, 0.25) is 5.02 Å².